The van der Waals surface area contributed by atoms with E-state index in [0.717, 1.165) is 14.2 Å². The fourth-order valence-electron chi connectivity index (χ4n) is 3.34. The number of thioether (sulfide) groups is 1. The summed E-state index contributed by atoms with van der Waals surface area (Å²) < 4.78 is 6.42. The van der Waals surface area contributed by atoms with Crippen LogP contribution < -0.4 is 16.0 Å². The van der Waals surface area contributed by atoms with Crippen LogP contribution in [0.4, 0.5) is 11.4 Å². The quantitative estimate of drug-likeness (QED) is 0.112. The zero-order valence-corrected chi connectivity index (χ0v) is 23.3. The predicted octanol–water partition coefficient (Wildman–Crippen LogP) is 6.41. The lowest BCUT2D eigenvalue weighted by molar-refractivity contribution is -0.115. The molecule has 192 valence electrons. The van der Waals surface area contributed by atoms with E-state index < -0.39 is 11.8 Å². The molecule has 3 aromatic carbocycles. The van der Waals surface area contributed by atoms with Crippen LogP contribution in [0.1, 0.15) is 23.0 Å². The zero-order valence-electron chi connectivity index (χ0n) is 20.3. The highest BCUT2D eigenvalue weighted by Crippen LogP contribution is 2.27. The first-order chi connectivity index (χ1) is 18.4. The van der Waals surface area contributed by atoms with Gasteiger partial charge in [0, 0.05) is 31.5 Å². The molecule has 1 heterocycles. The molecule has 1 atom stereocenters. The van der Waals surface area contributed by atoms with E-state index in [4.69, 9.17) is 4.42 Å². The SMILES string of the molecule is CC(Sc1cccc(NC(=O)/C(=C/c2ccco2)NC(=O)c2ccccc2)c1)C(=O)Nc1ccc(I)cc1. The van der Waals surface area contributed by atoms with Gasteiger partial charge in [0.15, 0.2) is 0 Å². The van der Waals surface area contributed by atoms with Crippen molar-refractivity contribution < 1.29 is 18.8 Å². The minimum Gasteiger partial charge on any atom is -0.465 e. The van der Waals surface area contributed by atoms with E-state index in [0.29, 0.717) is 17.0 Å². The van der Waals surface area contributed by atoms with E-state index in [1.807, 2.05) is 37.3 Å². The molecule has 0 aliphatic rings. The molecule has 0 radical (unpaired) electrons. The molecule has 7 nitrogen and oxygen atoms in total. The lowest BCUT2D eigenvalue weighted by atomic mass is 10.2. The van der Waals surface area contributed by atoms with E-state index in [1.54, 1.807) is 60.7 Å². The smallest absolute Gasteiger partial charge is 0.272 e. The number of amides is 3. The number of furan rings is 1. The zero-order chi connectivity index (χ0) is 26.9. The first kappa shape index (κ1) is 27.2. The van der Waals surface area contributed by atoms with Crippen molar-refractivity contribution in [1.82, 2.24) is 5.32 Å². The van der Waals surface area contributed by atoms with Crippen molar-refractivity contribution in [3.63, 3.8) is 0 Å². The summed E-state index contributed by atoms with van der Waals surface area (Å²) in [4.78, 5) is 39.4. The molecule has 0 aliphatic heterocycles. The fraction of sp³-hybridized carbons (Fsp3) is 0.0690. The highest BCUT2D eigenvalue weighted by molar-refractivity contribution is 14.1. The Kier molecular flexibility index (Phi) is 9.39. The molecule has 0 spiro atoms. The van der Waals surface area contributed by atoms with Crippen LogP contribution in [-0.4, -0.2) is 23.0 Å². The molecular weight excluding hydrogens is 613 g/mol. The summed E-state index contributed by atoms with van der Waals surface area (Å²) in [6.07, 6.45) is 2.95. The first-order valence-corrected chi connectivity index (χ1v) is 13.6. The molecule has 4 rings (SSSR count). The number of carbonyl (C=O) groups is 3. The molecule has 0 saturated carbocycles. The Bertz CT molecular complexity index is 1440. The number of rotatable bonds is 9. The first-order valence-electron chi connectivity index (χ1n) is 11.6. The van der Waals surface area contributed by atoms with Crippen molar-refractivity contribution in [3.8, 4) is 0 Å². The second-order valence-electron chi connectivity index (χ2n) is 8.13. The van der Waals surface area contributed by atoms with Crippen molar-refractivity contribution >= 4 is 69.5 Å². The van der Waals surface area contributed by atoms with Crippen LogP contribution in [0.2, 0.25) is 0 Å². The van der Waals surface area contributed by atoms with Gasteiger partial charge in [-0.1, -0.05) is 24.3 Å². The normalized spacial score (nSPS) is 11.9. The number of hydrogen-bond acceptors (Lipinski definition) is 5. The fourth-order valence-corrected chi connectivity index (χ4v) is 4.62. The summed E-state index contributed by atoms with van der Waals surface area (Å²) in [6.45, 7) is 1.82. The van der Waals surface area contributed by atoms with Gasteiger partial charge < -0.3 is 20.4 Å². The van der Waals surface area contributed by atoms with Crippen molar-refractivity contribution in [3.05, 3.63) is 118 Å². The molecule has 0 fully saturated rings. The lowest BCUT2D eigenvalue weighted by Crippen LogP contribution is -2.30. The van der Waals surface area contributed by atoms with E-state index in [-0.39, 0.29) is 16.9 Å². The van der Waals surface area contributed by atoms with Gasteiger partial charge >= 0.3 is 0 Å². The van der Waals surface area contributed by atoms with Crippen molar-refractivity contribution in [1.29, 1.82) is 0 Å². The van der Waals surface area contributed by atoms with Gasteiger partial charge in [-0.15, -0.1) is 11.8 Å². The van der Waals surface area contributed by atoms with Crippen molar-refractivity contribution in [2.24, 2.45) is 0 Å². The number of hydrogen-bond donors (Lipinski definition) is 3. The monoisotopic (exact) mass is 637 g/mol. The molecule has 3 amide bonds. The molecule has 4 aromatic rings. The molecular formula is C29H24IN3O4S. The molecule has 0 saturated heterocycles. The number of benzene rings is 3. The maximum Gasteiger partial charge on any atom is 0.272 e. The highest BCUT2D eigenvalue weighted by Gasteiger charge is 2.17. The van der Waals surface area contributed by atoms with Crippen LogP contribution in [0.15, 0.2) is 112 Å². The van der Waals surface area contributed by atoms with Gasteiger partial charge in [-0.3, -0.25) is 14.4 Å². The average Bonchev–Trinajstić information content (AvgIpc) is 3.43. The van der Waals surface area contributed by atoms with Crippen LogP contribution in [0, 0.1) is 3.57 Å². The van der Waals surface area contributed by atoms with Crippen molar-refractivity contribution in [2.45, 2.75) is 17.1 Å². The molecule has 1 unspecified atom stereocenters. The third kappa shape index (κ3) is 7.83. The molecule has 9 heteroatoms. The summed E-state index contributed by atoms with van der Waals surface area (Å²) in [6, 6.07) is 26.7. The predicted molar refractivity (Wildman–Crippen MR) is 159 cm³/mol. The van der Waals surface area contributed by atoms with E-state index in [2.05, 4.69) is 38.5 Å². The third-order valence-corrected chi connectivity index (χ3v) is 7.06. The molecule has 0 aliphatic carbocycles. The molecule has 3 N–H and O–H groups in total. The van der Waals surface area contributed by atoms with E-state index in [1.165, 1.54) is 24.1 Å². The van der Waals surface area contributed by atoms with E-state index >= 15 is 0 Å². The van der Waals surface area contributed by atoms with Gasteiger partial charge in [-0.05, 0) is 96.2 Å². The van der Waals surface area contributed by atoms with Gasteiger partial charge in [0.05, 0.1) is 11.5 Å². The van der Waals surface area contributed by atoms with Crippen LogP contribution in [0.25, 0.3) is 6.08 Å². The van der Waals surface area contributed by atoms with Crippen LogP contribution in [0.3, 0.4) is 0 Å². The summed E-state index contributed by atoms with van der Waals surface area (Å²) in [5, 5.41) is 8.03. The Morgan fingerprint density at radius 1 is 0.868 bits per heavy atom. The van der Waals surface area contributed by atoms with Crippen molar-refractivity contribution in [2.75, 3.05) is 10.6 Å². The van der Waals surface area contributed by atoms with Gasteiger partial charge in [-0.2, -0.15) is 0 Å². The number of halogens is 1. The summed E-state index contributed by atoms with van der Waals surface area (Å²) >= 11 is 3.58. The number of carbonyl (C=O) groups excluding carboxylic acids is 3. The highest BCUT2D eigenvalue weighted by atomic mass is 127. The molecule has 38 heavy (non-hydrogen) atoms. The Balaban J connectivity index is 1.44. The van der Waals surface area contributed by atoms with Gasteiger partial charge in [0.2, 0.25) is 5.91 Å². The Morgan fingerprint density at radius 2 is 1.63 bits per heavy atom. The van der Waals surface area contributed by atoms with E-state index in [9.17, 15) is 14.4 Å². The van der Waals surface area contributed by atoms with Gasteiger partial charge in [0.25, 0.3) is 11.8 Å². The Hall–Kier alpha value is -3.83. The summed E-state index contributed by atoms with van der Waals surface area (Å²) in [7, 11) is 0. The second-order valence-corrected chi connectivity index (χ2v) is 10.8. The maximum atomic E-state index is 13.2. The number of nitrogens with one attached hydrogen (secondary N) is 3. The largest absolute Gasteiger partial charge is 0.465 e. The Labute approximate surface area is 238 Å². The summed E-state index contributed by atoms with van der Waals surface area (Å²) in [5.74, 6) is -0.646. The summed E-state index contributed by atoms with van der Waals surface area (Å²) in [5.41, 5.74) is 1.69. The molecule has 1 aromatic heterocycles. The topological polar surface area (TPSA) is 100 Å². The van der Waals surface area contributed by atoms with Gasteiger partial charge in [-0.25, -0.2) is 0 Å². The lowest BCUT2D eigenvalue weighted by Gasteiger charge is -2.14. The minimum atomic E-state index is -0.516. The van der Waals surface area contributed by atoms with Crippen LogP contribution in [0.5, 0.6) is 0 Å². The maximum absolute atomic E-state index is 13.2. The Morgan fingerprint density at radius 3 is 2.34 bits per heavy atom. The van der Waals surface area contributed by atoms with Crippen LogP contribution in [-0.2, 0) is 9.59 Å². The van der Waals surface area contributed by atoms with Crippen LogP contribution >= 0.6 is 34.4 Å². The van der Waals surface area contributed by atoms with Gasteiger partial charge in [0.1, 0.15) is 11.5 Å². The third-order valence-electron chi connectivity index (χ3n) is 5.24. The average molecular weight is 637 g/mol. The standard InChI is InChI=1S/C29H24IN3O4S/c1-19(27(34)31-22-14-12-21(30)13-15-22)38-25-11-5-9-23(17-25)32-29(36)26(18-24-10-6-16-37-24)33-28(35)20-7-3-2-4-8-20/h2-19H,1H3,(H,31,34)(H,32,36)(H,33,35)/b26-18-. The minimum absolute atomic E-state index is 0.0251. The molecule has 0 bridgehead atoms. The number of anilines is 2. The second kappa shape index (κ2) is 13.1.